The Labute approximate surface area is 130 Å². The summed E-state index contributed by atoms with van der Waals surface area (Å²) in [5, 5.41) is 9.06. The lowest BCUT2D eigenvalue weighted by Crippen LogP contribution is -2.23. The number of aryl methyl sites for hydroxylation is 1. The Balaban J connectivity index is 2.19. The van der Waals surface area contributed by atoms with Crippen LogP contribution >= 0.6 is 27.3 Å². The molecule has 0 atom stereocenters. The van der Waals surface area contributed by atoms with E-state index in [4.69, 9.17) is 5.11 Å². The molecule has 2 rings (SSSR count). The molecule has 0 radical (unpaired) electrons. The fraction of sp³-hybridized carbons (Fsp3) is 0.231. The Kier molecular flexibility index (Phi) is 4.98. The van der Waals surface area contributed by atoms with Crippen LogP contribution in [-0.4, -0.2) is 13.5 Å². The van der Waals surface area contributed by atoms with Crippen molar-refractivity contribution in [3.8, 4) is 0 Å². The average molecular weight is 376 g/mol. The topological polar surface area (TPSA) is 66.4 Å². The van der Waals surface area contributed by atoms with Gasteiger partial charge < -0.3 is 5.11 Å². The molecule has 0 amide bonds. The van der Waals surface area contributed by atoms with E-state index < -0.39 is 10.0 Å². The first-order valence-corrected chi connectivity index (χ1v) is 8.96. The zero-order valence-electron chi connectivity index (χ0n) is 10.8. The molecule has 1 heterocycles. The minimum Gasteiger partial charge on any atom is -0.391 e. The van der Waals surface area contributed by atoms with Gasteiger partial charge in [-0.15, -0.1) is 11.3 Å². The van der Waals surface area contributed by atoms with E-state index >= 15 is 0 Å². The normalized spacial score (nSPS) is 11.8. The van der Waals surface area contributed by atoms with Crippen molar-refractivity contribution >= 4 is 37.3 Å². The van der Waals surface area contributed by atoms with Crippen LogP contribution in [0.4, 0.5) is 0 Å². The molecule has 4 nitrogen and oxygen atoms in total. The molecule has 0 saturated carbocycles. The molecule has 1 aromatic carbocycles. The summed E-state index contributed by atoms with van der Waals surface area (Å²) < 4.78 is 27.6. The van der Waals surface area contributed by atoms with E-state index in [-0.39, 0.29) is 18.0 Å². The smallest absolute Gasteiger partial charge is 0.242 e. The Morgan fingerprint density at radius 1 is 1.35 bits per heavy atom. The first kappa shape index (κ1) is 15.7. The summed E-state index contributed by atoms with van der Waals surface area (Å²) in [7, 11) is -3.59. The maximum Gasteiger partial charge on any atom is 0.242 e. The van der Waals surface area contributed by atoms with E-state index in [1.807, 2.05) is 31.2 Å². The van der Waals surface area contributed by atoms with Crippen molar-refractivity contribution in [1.82, 2.24) is 4.72 Å². The molecule has 0 aliphatic carbocycles. The Bertz CT molecular complexity index is 710. The van der Waals surface area contributed by atoms with Gasteiger partial charge in [0.05, 0.1) is 10.4 Å². The zero-order valence-corrected chi connectivity index (χ0v) is 14.0. The molecule has 0 unspecified atom stereocenters. The molecular weight excluding hydrogens is 362 g/mol. The predicted octanol–water partition coefficient (Wildman–Crippen LogP) is 2.79. The van der Waals surface area contributed by atoms with E-state index in [0.29, 0.717) is 8.66 Å². The van der Waals surface area contributed by atoms with E-state index in [9.17, 15) is 8.42 Å². The third-order valence-electron chi connectivity index (χ3n) is 2.87. The highest BCUT2D eigenvalue weighted by molar-refractivity contribution is 9.11. The van der Waals surface area contributed by atoms with Crippen LogP contribution in [0.3, 0.4) is 0 Å². The standard InChI is InChI=1S/C13H14BrNO3S2/c1-9-4-2-3-5-10(9)7-15-20(17,18)12-6-11(8-16)19-13(12)14/h2-6,15-16H,7-8H2,1H3. The minimum atomic E-state index is -3.59. The van der Waals surface area contributed by atoms with Gasteiger partial charge in [-0.2, -0.15) is 0 Å². The molecule has 7 heteroatoms. The fourth-order valence-corrected chi connectivity index (χ4v) is 5.26. The van der Waals surface area contributed by atoms with Crippen molar-refractivity contribution in [1.29, 1.82) is 0 Å². The Hall–Kier alpha value is -0.730. The van der Waals surface area contributed by atoms with Crippen molar-refractivity contribution in [2.75, 3.05) is 0 Å². The van der Waals surface area contributed by atoms with Crippen LogP contribution in [0.2, 0.25) is 0 Å². The molecular formula is C13H14BrNO3S2. The number of hydrogen-bond donors (Lipinski definition) is 2. The first-order chi connectivity index (χ1) is 9.44. The highest BCUT2D eigenvalue weighted by atomic mass is 79.9. The van der Waals surface area contributed by atoms with Gasteiger partial charge in [-0.1, -0.05) is 24.3 Å². The van der Waals surface area contributed by atoms with Crippen LogP contribution in [0, 0.1) is 6.92 Å². The maximum atomic E-state index is 12.3. The summed E-state index contributed by atoms with van der Waals surface area (Å²) in [6.07, 6.45) is 0. The molecule has 1 aromatic heterocycles. The second-order valence-corrected chi connectivity index (χ2v) is 8.45. The fourth-order valence-electron chi connectivity index (χ4n) is 1.72. The molecule has 2 aromatic rings. The zero-order chi connectivity index (χ0) is 14.8. The number of halogens is 1. The molecule has 2 N–H and O–H groups in total. The summed E-state index contributed by atoms with van der Waals surface area (Å²) in [6.45, 7) is 2.01. The second kappa shape index (κ2) is 6.36. The molecule has 0 fully saturated rings. The molecule has 20 heavy (non-hydrogen) atoms. The van der Waals surface area contributed by atoms with Gasteiger partial charge in [0.25, 0.3) is 0 Å². The average Bonchev–Trinajstić information content (AvgIpc) is 2.80. The van der Waals surface area contributed by atoms with Gasteiger partial charge in [0, 0.05) is 11.4 Å². The van der Waals surface area contributed by atoms with Crippen LogP contribution in [0.15, 0.2) is 39.0 Å². The lowest BCUT2D eigenvalue weighted by atomic mass is 10.1. The summed E-state index contributed by atoms with van der Waals surface area (Å²) in [4.78, 5) is 0.772. The van der Waals surface area contributed by atoms with E-state index in [1.165, 1.54) is 17.4 Å². The summed E-state index contributed by atoms with van der Waals surface area (Å²) in [5.41, 5.74) is 1.97. The van der Waals surface area contributed by atoms with Gasteiger partial charge in [-0.05, 0) is 40.0 Å². The lowest BCUT2D eigenvalue weighted by molar-refractivity contribution is 0.285. The van der Waals surface area contributed by atoms with Crippen LogP contribution in [0.5, 0.6) is 0 Å². The van der Waals surface area contributed by atoms with Gasteiger partial charge in [0.2, 0.25) is 10.0 Å². The Morgan fingerprint density at radius 2 is 2.05 bits per heavy atom. The summed E-state index contributed by atoms with van der Waals surface area (Å²) in [6, 6.07) is 9.10. The van der Waals surface area contributed by atoms with E-state index in [1.54, 1.807) is 0 Å². The minimum absolute atomic E-state index is 0.167. The molecule has 108 valence electrons. The van der Waals surface area contributed by atoms with E-state index in [2.05, 4.69) is 20.7 Å². The number of thiophene rings is 1. The molecule has 0 aliphatic heterocycles. The molecule has 0 aliphatic rings. The number of aliphatic hydroxyl groups excluding tert-OH is 1. The second-order valence-electron chi connectivity index (χ2n) is 4.26. The summed E-state index contributed by atoms with van der Waals surface area (Å²) >= 11 is 4.44. The summed E-state index contributed by atoms with van der Waals surface area (Å²) in [5.74, 6) is 0. The quantitative estimate of drug-likeness (QED) is 0.844. The largest absolute Gasteiger partial charge is 0.391 e. The molecule has 0 bridgehead atoms. The van der Waals surface area contributed by atoms with Crippen molar-refractivity contribution in [3.63, 3.8) is 0 Å². The number of rotatable bonds is 5. The van der Waals surface area contributed by atoms with Crippen molar-refractivity contribution < 1.29 is 13.5 Å². The molecule has 0 spiro atoms. The van der Waals surface area contributed by atoms with Crippen molar-refractivity contribution in [2.24, 2.45) is 0 Å². The number of hydrogen-bond acceptors (Lipinski definition) is 4. The van der Waals surface area contributed by atoms with Crippen LogP contribution in [0.25, 0.3) is 0 Å². The van der Waals surface area contributed by atoms with Gasteiger partial charge >= 0.3 is 0 Å². The number of nitrogens with one attached hydrogen (secondary N) is 1. The van der Waals surface area contributed by atoms with Crippen LogP contribution < -0.4 is 4.72 Å². The van der Waals surface area contributed by atoms with Crippen molar-refractivity contribution in [3.05, 3.63) is 50.1 Å². The lowest BCUT2D eigenvalue weighted by Gasteiger charge is -2.08. The van der Waals surface area contributed by atoms with E-state index in [0.717, 1.165) is 11.1 Å². The third-order valence-corrected chi connectivity index (χ3v) is 6.50. The monoisotopic (exact) mass is 375 g/mol. The van der Waals surface area contributed by atoms with Gasteiger partial charge in [-0.3, -0.25) is 0 Å². The van der Waals surface area contributed by atoms with Crippen LogP contribution in [-0.2, 0) is 23.2 Å². The number of aliphatic hydroxyl groups is 1. The van der Waals surface area contributed by atoms with Crippen LogP contribution in [0.1, 0.15) is 16.0 Å². The van der Waals surface area contributed by atoms with Gasteiger partial charge in [0.1, 0.15) is 4.90 Å². The van der Waals surface area contributed by atoms with Gasteiger partial charge in [0.15, 0.2) is 0 Å². The SMILES string of the molecule is Cc1ccccc1CNS(=O)(=O)c1cc(CO)sc1Br. The first-order valence-electron chi connectivity index (χ1n) is 5.87. The Morgan fingerprint density at radius 3 is 2.65 bits per heavy atom. The predicted molar refractivity (Wildman–Crippen MR) is 83.1 cm³/mol. The number of benzene rings is 1. The number of sulfonamides is 1. The maximum absolute atomic E-state index is 12.3. The molecule has 0 saturated heterocycles. The highest BCUT2D eigenvalue weighted by Gasteiger charge is 2.20. The third kappa shape index (κ3) is 3.48. The van der Waals surface area contributed by atoms with Crippen molar-refractivity contribution in [2.45, 2.75) is 25.0 Å². The highest BCUT2D eigenvalue weighted by Crippen LogP contribution is 2.31. The van der Waals surface area contributed by atoms with Gasteiger partial charge in [-0.25, -0.2) is 13.1 Å².